The van der Waals surface area contributed by atoms with Crippen LogP contribution in [0.2, 0.25) is 0 Å². The van der Waals surface area contributed by atoms with Gasteiger partial charge in [-0.15, -0.1) is 0 Å². The van der Waals surface area contributed by atoms with E-state index in [-0.39, 0.29) is 35.1 Å². The molecule has 0 amide bonds. The van der Waals surface area contributed by atoms with E-state index in [0.29, 0.717) is 13.8 Å². The third-order valence-electron chi connectivity index (χ3n) is 5.27. The van der Waals surface area contributed by atoms with E-state index >= 15 is 0 Å². The maximum Gasteiger partial charge on any atom is 0.427 e. The van der Waals surface area contributed by atoms with Crippen molar-refractivity contribution in [3.63, 3.8) is 0 Å². The largest absolute Gasteiger partial charge is 0.489 e. The number of carbonyl (C=O) groups is 2. The van der Waals surface area contributed by atoms with Crippen LogP contribution in [-0.4, -0.2) is 51.4 Å². The van der Waals surface area contributed by atoms with Gasteiger partial charge >= 0.3 is 18.1 Å². The number of ether oxygens (including phenoxy) is 3. The molecule has 13 heteroatoms. The number of halogens is 4. The van der Waals surface area contributed by atoms with Gasteiger partial charge in [0.2, 0.25) is 5.60 Å². The first-order valence-corrected chi connectivity index (χ1v) is 12.0. The van der Waals surface area contributed by atoms with Crippen molar-refractivity contribution in [1.82, 2.24) is 0 Å². The molecule has 1 atom stereocenters. The molecular weight excluding hydrogens is 510 g/mol. The lowest BCUT2D eigenvalue weighted by Crippen LogP contribution is -2.49. The normalized spacial score (nSPS) is 16.1. The summed E-state index contributed by atoms with van der Waals surface area (Å²) >= 11 is 0. The molecule has 0 radical (unpaired) electrons. The Hall–Kier alpha value is -3.35. The van der Waals surface area contributed by atoms with Gasteiger partial charge in [0.25, 0.3) is 10.0 Å². The van der Waals surface area contributed by atoms with Crippen LogP contribution in [0.1, 0.15) is 26.3 Å². The number of nitrogens with zero attached hydrogens (tertiary/aromatic N) is 1. The van der Waals surface area contributed by atoms with Crippen molar-refractivity contribution in [1.29, 1.82) is 0 Å². The van der Waals surface area contributed by atoms with E-state index in [4.69, 9.17) is 9.47 Å². The van der Waals surface area contributed by atoms with Gasteiger partial charge in [-0.25, -0.2) is 12.8 Å². The summed E-state index contributed by atoms with van der Waals surface area (Å²) in [6.07, 6.45) is -5.39. The molecule has 0 spiro atoms. The zero-order valence-electron chi connectivity index (χ0n) is 19.5. The minimum atomic E-state index is -4.80. The zero-order chi connectivity index (χ0) is 26.9. The molecule has 0 bridgehead atoms. The minimum Gasteiger partial charge on any atom is -0.489 e. The van der Waals surface area contributed by atoms with Crippen molar-refractivity contribution in [2.45, 2.75) is 49.9 Å². The van der Waals surface area contributed by atoms with Gasteiger partial charge in [-0.2, -0.15) is 13.2 Å². The molecule has 3 rings (SSSR count). The molecule has 0 saturated heterocycles. The molecule has 0 fully saturated rings. The third-order valence-corrected chi connectivity index (χ3v) is 7.15. The van der Waals surface area contributed by atoms with Gasteiger partial charge in [0.05, 0.1) is 17.0 Å². The summed E-state index contributed by atoms with van der Waals surface area (Å²) in [6.45, 7) is 2.00. The number of hydrogen-bond donors (Lipinski definition) is 0. The maximum atomic E-state index is 13.5. The number of sulfonamides is 1. The molecule has 0 aliphatic carbocycles. The number of alkyl halides is 3. The number of anilines is 1. The lowest BCUT2D eigenvalue weighted by atomic mass is 10.1. The number of carbonyl (C=O) groups excluding carboxylic acids is 2. The third kappa shape index (κ3) is 5.89. The first kappa shape index (κ1) is 27.2. The van der Waals surface area contributed by atoms with Crippen LogP contribution < -0.4 is 9.04 Å². The Morgan fingerprint density at radius 1 is 1.11 bits per heavy atom. The zero-order valence-corrected chi connectivity index (χ0v) is 20.3. The monoisotopic (exact) mass is 533 g/mol. The molecule has 196 valence electrons. The van der Waals surface area contributed by atoms with Crippen LogP contribution in [0.4, 0.5) is 23.2 Å². The fraction of sp³-hybridized carbons (Fsp3) is 0.391. The average molecular weight is 533 g/mol. The van der Waals surface area contributed by atoms with Gasteiger partial charge < -0.3 is 14.2 Å². The fourth-order valence-corrected chi connectivity index (χ4v) is 4.96. The molecule has 0 aromatic heterocycles. The molecule has 36 heavy (non-hydrogen) atoms. The summed E-state index contributed by atoms with van der Waals surface area (Å²) in [6, 6.07) is 7.03. The Balaban J connectivity index is 1.99. The molecule has 0 N–H and O–H groups in total. The van der Waals surface area contributed by atoms with Crippen LogP contribution >= 0.6 is 0 Å². The lowest BCUT2D eigenvalue weighted by molar-refractivity contribution is -0.257. The van der Waals surface area contributed by atoms with Gasteiger partial charge in [-0.05, 0) is 55.8 Å². The highest BCUT2D eigenvalue weighted by Crippen LogP contribution is 2.39. The quantitative estimate of drug-likeness (QED) is 0.395. The summed E-state index contributed by atoms with van der Waals surface area (Å²) < 4.78 is 95.8. The fourth-order valence-electron chi connectivity index (χ4n) is 3.34. The summed E-state index contributed by atoms with van der Waals surface area (Å²) in [5, 5.41) is 0. The summed E-state index contributed by atoms with van der Waals surface area (Å²) in [5.74, 6) is -2.40. The second-order valence-electron chi connectivity index (χ2n) is 8.48. The molecule has 8 nitrogen and oxygen atoms in total. The smallest absolute Gasteiger partial charge is 0.427 e. The van der Waals surface area contributed by atoms with Gasteiger partial charge in [-0.1, -0.05) is 6.07 Å². The van der Waals surface area contributed by atoms with Gasteiger partial charge in [-0.3, -0.25) is 13.9 Å². The number of rotatable bonds is 7. The Labute approximate surface area is 204 Å². The Morgan fingerprint density at radius 3 is 2.33 bits per heavy atom. The predicted octanol–water partition coefficient (Wildman–Crippen LogP) is 3.77. The SMILES string of the molecule is CC(=O)OCC1COc2ccc(CC(=O)OC(C)(C)C(F)(F)F)cc2N1S(=O)(=O)c1ccc(F)cc1. The van der Waals surface area contributed by atoms with Crippen molar-refractivity contribution in [2.75, 3.05) is 17.5 Å². The Bertz CT molecular complexity index is 1240. The van der Waals surface area contributed by atoms with E-state index in [2.05, 4.69) is 4.74 Å². The van der Waals surface area contributed by atoms with Crippen LogP contribution in [-0.2, 0) is 35.5 Å². The van der Waals surface area contributed by atoms with Crippen LogP contribution in [0.15, 0.2) is 47.4 Å². The van der Waals surface area contributed by atoms with E-state index < -0.39 is 52.0 Å². The van der Waals surface area contributed by atoms with Crippen LogP contribution in [0, 0.1) is 5.82 Å². The van der Waals surface area contributed by atoms with Crippen molar-refractivity contribution < 1.29 is 49.8 Å². The van der Waals surface area contributed by atoms with Crippen molar-refractivity contribution >= 4 is 27.6 Å². The van der Waals surface area contributed by atoms with Gasteiger partial charge in [0, 0.05) is 6.92 Å². The first-order chi connectivity index (χ1) is 16.6. The van der Waals surface area contributed by atoms with E-state index in [1.54, 1.807) is 0 Å². The Kier molecular flexibility index (Phi) is 7.53. The van der Waals surface area contributed by atoms with Crippen molar-refractivity contribution in [3.05, 3.63) is 53.8 Å². The minimum absolute atomic E-state index is 0.0388. The topological polar surface area (TPSA) is 99.2 Å². The standard InChI is InChI=1S/C23H23F4NO7S/c1-14(29)33-12-17-13-34-20-9-4-15(11-21(30)35-22(2,3)23(25,26)27)10-19(20)28(17)36(31,32)18-7-5-16(24)6-8-18/h4-10,17H,11-13H2,1-3H3. The molecule has 1 unspecified atom stereocenters. The summed E-state index contributed by atoms with van der Waals surface area (Å²) in [7, 11) is -4.35. The van der Waals surface area contributed by atoms with E-state index in [1.165, 1.54) is 18.2 Å². The highest BCUT2D eigenvalue weighted by Gasteiger charge is 2.50. The van der Waals surface area contributed by atoms with Gasteiger partial charge in [0.1, 0.15) is 30.8 Å². The predicted molar refractivity (Wildman–Crippen MR) is 118 cm³/mol. The maximum absolute atomic E-state index is 13.5. The number of esters is 2. The Morgan fingerprint density at radius 2 is 1.75 bits per heavy atom. The second kappa shape index (κ2) is 9.96. The van der Waals surface area contributed by atoms with Crippen LogP contribution in [0.25, 0.3) is 0 Å². The molecule has 1 aliphatic rings. The van der Waals surface area contributed by atoms with E-state index in [1.807, 2.05) is 0 Å². The van der Waals surface area contributed by atoms with E-state index in [0.717, 1.165) is 35.5 Å². The van der Waals surface area contributed by atoms with Gasteiger partial charge in [0.15, 0.2) is 0 Å². The molecule has 0 saturated carbocycles. The van der Waals surface area contributed by atoms with Crippen molar-refractivity contribution in [2.24, 2.45) is 0 Å². The first-order valence-electron chi connectivity index (χ1n) is 10.6. The van der Waals surface area contributed by atoms with Crippen molar-refractivity contribution in [3.8, 4) is 5.75 Å². The average Bonchev–Trinajstić information content (AvgIpc) is 2.76. The lowest BCUT2D eigenvalue weighted by Gasteiger charge is -2.37. The number of benzene rings is 2. The summed E-state index contributed by atoms with van der Waals surface area (Å²) in [4.78, 5) is 23.3. The van der Waals surface area contributed by atoms with Crippen LogP contribution in [0.5, 0.6) is 5.75 Å². The summed E-state index contributed by atoms with van der Waals surface area (Å²) in [5.41, 5.74) is -2.62. The molecular formula is C23H23F4NO7S. The number of fused-ring (bicyclic) bond motifs is 1. The molecule has 2 aromatic rings. The molecule has 1 aliphatic heterocycles. The van der Waals surface area contributed by atoms with Crippen LogP contribution in [0.3, 0.4) is 0 Å². The highest BCUT2D eigenvalue weighted by molar-refractivity contribution is 7.92. The molecule has 1 heterocycles. The molecule has 2 aromatic carbocycles. The number of hydrogen-bond acceptors (Lipinski definition) is 7. The highest BCUT2D eigenvalue weighted by atomic mass is 32.2. The van der Waals surface area contributed by atoms with E-state index in [9.17, 15) is 35.6 Å². The second-order valence-corrected chi connectivity index (χ2v) is 10.3.